The first kappa shape index (κ1) is 23.9. The molecule has 2 fully saturated rings. The highest BCUT2D eigenvalue weighted by Crippen LogP contribution is 2.37. The molecule has 3 atom stereocenters. The highest BCUT2D eigenvalue weighted by Gasteiger charge is 2.46. The second-order valence-corrected chi connectivity index (χ2v) is 9.75. The quantitative estimate of drug-likeness (QED) is 0.291. The molecule has 2 aliphatic rings. The van der Waals surface area contributed by atoms with E-state index in [-0.39, 0.29) is 24.0 Å². The maximum absolute atomic E-state index is 13.0. The number of halogens is 1. The van der Waals surface area contributed by atoms with Crippen LogP contribution in [0.25, 0.3) is 22.3 Å². The summed E-state index contributed by atoms with van der Waals surface area (Å²) < 4.78 is 0.650. The first-order valence-electron chi connectivity index (χ1n) is 11.8. The van der Waals surface area contributed by atoms with Crippen LogP contribution in [0.5, 0.6) is 0 Å². The van der Waals surface area contributed by atoms with Gasteiger partial charge in [0.2, 0.25) is 0 Å². The van der Waals surface area contributed by atoms with Crippen molar-refractivity contribution in [3.63, 3.8) is 0 Å². The molecule has 4 aromatic rings. The van der Waals surface area contributed by atoms with Gasteiger partial charge in [0.1, 0.15) is 0 Å². The van der Waals surface area contributed by atoms with E-state index in [1.54, 1.807) is 18.6 Å². The number of benzene rings is 1. The van der Waals surface area contributed by atoms with Crippen molar-refractivity contribution >= 4 is 32.7 Å². The minimum atomic E-state index is -0.107. The van der Waals surface area contributed by atoms with Gasteiger partial charge in [0.05, 0.1) is 23.2 Å². The zero-order chi connectivity index (χ0) is 25.2. The van der Waals surface area contributed by atoms with E-state index < -0.39 is 0 Å². The number of carbonyl (C=O) groups is 1. The van der Waals surface area contributed by atoms with Crippen LogP contribution in [0.4, 0.5) is 0 Å². The average molecular weight is 545 g/mol. The SMILES string of the molecule is Cc1ccnc(-c2cccc3c(C(=O)N[C@@H]4C[C@@H]5CC[C@H]4N5C#N)c[nH]c23)n1.Cc1ccnc(Br)n1. The van der Waals surface area contributed by atoms with Crippen LogP contribution < -0.4 is 5.32 Å². The molecular formula is C26H25BrN8O. The Labute approximate surface area is 217 Å². The Morgan fingerprint density at radius 2 is 1.92 bits per heavy atom. The Bertz CT molecular complexity index is 1440. The van der Waals surface area contributed by atoms with E-state index in [9.17, 15) is 10.1 Å². The van der Waals surface area contributed by atoms with Gasteiger partial charge in [0.15, 0.2) is 16.8 Å². The summed E-state index contributed by atoms with van der Waals surface area (Å²) >= 11 is 3.14. The highest BCUT2D eigenvalue weighted by atomic mass is 79.9. The number of nitriles is 1. The lowest BCUT2D eigenvalue weighted by molar-refractivity contribution is 0.0930. The molecular weight excluding hydrogens is 520 g/mol. The standard InChI is InChI=1S/C21H20N6O.C5H5BrN2/c1-12-7-8-23-20(25-12)15-4-2-3-14-16(10-24-19(14)15)21(28)26-17-9-13-5-6-18(17)27(13)11-22;1-4-2-3-7-5(6)8-4/h2-4,7-8,10,13,17-18,24H,5-6,9H2,1H3,(H,26,28);2-3H,1H3/t13-,17+,18+;/m0./s1. The van der Waals surface area contributed by atoms with Gasteiger partial charge >= 0.3 is 0 Å². The number of hydrogen-bond donors (Lipinski definition) is 2. The van der Waals surface area contributed by atoms with Gasteiger partial charge in [-0.25, -0.2) is 19.9 Å². The molecule has 5 heterocycles. The van der Waals surface area contributed by atoms with Gasteiger partial charge in [0, 0.05) is 47.0 Å². The third-order valence-electron chi connectivity index (χ3n) is 6.73. The monoisotopic (exact) mass is 544 g/mol. The van der Waals surface area contributed by atoms with Crippen molar-refractivity contribution in [2.24, 2.45) is 0 Å². The third-order valence-corrected chi connectivity index (χ3v) is 7.11. The summed E-state index contributed by atoms with van der Waals surface area (Å²) in [6.07, 6.45) is 10.3. The van der Waals surface area contributed by atoms with Crippen LogP contribution in [0.3, 0.4) is 0 Å². The number of nitrogens with one attached hydrogen (secondary N) is 2. The number of fused-ring (bicyclic) bond motifs is 3. The maximum Gasteiger partial charge on any atom is 0.253 e. The predicted octanol–water partition coefficient (Wildman–Crippen LogP) is 4.30. The summed E-state index contributed by atoms with van der Waals surface area (Å²) in [5.74, 6) is 0.529. The molecule has 1 amide bonds. The molecule has 2 saturated heterocycles. The van der Waals surface area contributed by atoms with Crippen molar-refractivity contribution in [3.8, 4) is 17.6 Å². The Hall–Kier alpha value is -3.84. The van der Waals surface area contributed by atoms with Gasteiger partial charge in [-0.15, -0.1) is 0 Å². The minimum absolute atomic E-state index is 0.0270. The van der Waals surface area contributed by atoms with Crippen LogP contribution in [0.15, 0.2) is 53.7 Å². The third kappa shape index (κ3) is 4.66. The number of aryl methyl sites for hydroxylation is 2. The Morgan fingerprint density at radius 3 is 2.58 bits per heavy atom. The number of rotatable bonds is 3. The lowest BCUT2D eigenvalue weighted by Crippen LogP contribution is -2.43. The van der Waals surface area contributed by atoms with Crippen LogP contribution in [-0.2, 0) is 0 Å². The summed E-state index contributed by atoms with van der Waals surface area (Å²) in [6, 6.07) is 9.94. The highest BCUT2D eigenvalue weighted by molar-refractivity contribution is 9.10. The number of amides is 1. The van der Waals surface area contributed by atoms with Gasteiger partial charge in [-0.2, -0.15) is 5.26 Å². The van der Waals surface area contributed by atoms with Crippen molar-refractivity contribution in [2.45, 2.75) is 51.2 Å². The lowest BCUT2D eigenvalue weighted by atomic mass is 9.95. The molecule has 6 rings (SSSR count). The molecule has 36 heavy (non-hydrogen) atoms. The van der Waals surface area contributed by atoms with Crippen molar-refractivity contribution in [2.75, 3.05) is 0 Å². The Morgan fingerprint density at radius 1 is 1.14 bits per heavy atom. The smallest absolute Gasteiger partial charge is 0.253 e. The van der Waals surface area contributed by atoms with Gasteiger partial charge in [-0.05, 0) is 67.2 Å². The van der Waals surface area contributed by atoms with Crippen LogP contribution in [-0.4, -0.2) is 53.9 Å². The first-order valence-corrected chi connectivity index (χ1v) is 12.6. The summed E-state index contributed by atoms with van der Waals surface area (Å²) in [5.41, 5.74) is 4.20. The van der Waals surface area contributed by atoms with Crippen molar-refractivity contribution in [3.05, 3.63) is 70.6 Å². The van der Waals surface area contributed by atoms with Gasteiger partial charge in [-0.1, -0.05) is 12.1 Å². The van der Waals surface area contributed by atoms with Gasteiger partial charge < -0.3 is 15.2 Å². The molecule has 0 saturated carbocycles. The molecule has 2 bridgehead atoms. The molecule has 0 unspecified atom stereocenters. The summed E-state index contributed by atoms with van der Waals surface area (Å²) in [5, 5.41) is 13.3. The van der Waals surface area contributed by atoms with E-state index in [1.165, 1.54) is 0 Å². The molecule has 9 nitrogen and oxygen atoms in total. The summed E-state index contributed by atoms with van der Waals surface area (Å²) in [7, 11) is 0. The fourth-order valence-electron chi connectivity index (χ4n) is 5.07. The number of aromatic amines is 1. The maximum atomic E-state index is 13.0. The molecule has 1 aromatic carbocycles. The van der Waals surface area contributed by atoms with E-state index in [0.29, 0.717) is 16.1 Å². The topological polar surface area (TPSA) is 123 Å². The Kier molecular flexibility index (Phi) is 6.65. The predicted molar refractivity (Wildman–Crippen MR) is 139 cm³/mol. The Balaban J connectivity index is 0.000000286. The number of hydrogen-bond acceptors (Lipinski definition) is 7. The second kappa shape index (κ2) is 10.0. The van der Waals surface area contributed by atoms with Crippen molar-refractivity contribution in [1.82, 2.24) is 35.1 Å². The fourth-order valence-corrected chi connectivity index (χ4v) is 5.47. The molecule has 2 N–H and O–H groups in total. The normalized spacial score (nSPS) is 20.1. The molecule has 0 aliphatic carbocycles. The number of carbonyl (C=O) groups excluding carboxylic acids is 1. The zero-order valence-corrected chi connectivity index (χ0v) is 21.5. The summed E-state index contributed by atoms with van der Waals surface area (Å²) in [6.45, 7) is 3.85. The van der Waals surface area contributed by atoms with Gasteiger partial charge in [-0.3, -0.25) is 4.79 Å². The van der Waals surface area contributed by atoms with E-state index in [1.807, 2.05) is 49.1 Å². The largest absolute Gasteiger partial charge is 0.360 e. The van der Waals surface area contributed by atoms with E-state index in [4.69, 9.17) is 0 Å². The van der Waals surface area contributed by atoms with E-state index in [0.717, 1.165) is 47.1 Å². The molecule has 182 valence electrons. The van der Waals surface area contributed by atoms with Crippen LogP contribution in [0, 0.1) is 25.3 Å². The second-order valence-electron chi connectivity index (χ2n) is 9.04. The van der Waals surface area contributed by atoms with Gasteiger partial charge in [0.25, 0.3) is 5.91 Å². The first-order chi connectivity index (χ1) is 17.4. The molecule has 10 heteroatoms. The molecule has 3 aromatic heterocycles. The van der Waals surface area contributed by atoms with E-state index in [2.05, 4.69) is 52.4 Å². The lowest BCUT2D eigenvalue weighted by Gasteiger charge is -2.21. The zero-order valence-electron chi connectivity index (χ0n) is 19.9. The molecule has 2 aliphatic heterocycles. The minimum Gasteiger partial charge on any atom is -0.360 e. The van der Waals surface area contributed by atoms with Crippen LogP contribution in [0.1, 0.15) is 41.0 Å². The van der Waals surface area contributed by atoms with Crippen molar-refractivity contribution < 1.29 is 4.79 Å². The molecule has 0 radical (unpaired) electrons. The van der Waals surface area contributed by atoms with Crippen LogP contribution in [0.2, 0.25) is 0 Å². The number of aromatic nitrogens is 5. The number of para-hydroxylation sites is 1. The number of nitrogens with zero attached hydrogens (tertiary/aromatic N) is 6. The van der Waals surface area contributed by atoms with E-state index >= 15 is 0 Å². The summed E-state index contributed by atoms with van der Waals surface area (Å²) in [4.78, 5) is 34.8. The average Bonchev–Trinajstić information content (AvgIpc) is 3.56. The number of H-pyrrole nitrogens is 1. The molecule has 0 spiro atoms. The fraction of sp³-hybridized carbons (Fsp3) is 0.308. The van der Waals surface area contributed by atoms with Crippen LogP contribution >= 0.6 is 15.9 Å². The van der Waals surface area contributed by atoms with Crippen molar-refractivity contribution in [1.29, 1.82) is 5.26 Å².